The van der Waals surface area contributed by atoms with E-state index in [1.165, 1.54) is 17.1 Å². The molecule has 0 saturated heterocycles. The molecule has 0 aliphatic rings. The standard InChI is InChI=1S/C19H14ClN5O3S3/c1-29-12-3-4-14-13(8-12)18(26)25(10-22-14)16-6-2-11(9-21-16)23-19(27)24-31(28)17-7-5-15(20)30-17/h2-10H,1H3,(H2,23,24,27). The molecule has 12 heteroatoms. The molecular weight excluding hydrogens is 478 g/mol. The van der Waals surface area contributed by atoms with Crippen LogP contribution in [-0.2, 0) is 11.0 Å². The van der Waals surface area contributed by atoms with Gasteiger partial charge in [-0.25, -0.2) is 19.0 Å². The third-order valence-electron chi connectivity index (χ3n) is 4.13. The second-order valence-electron chi connectivity index (χ2n) is 6.09. The van der Waals surface area contributed by atoms with Crippen molar-refractivity contribution >= 4 is 68.3 Å². The number of nitrogens with one attached hydrogen (secondary N) is 2. The Bertz CT molecular complexity index is 1350. The van der Waals surface area contributed by atoms with E-state index < -0.39 is 17.0 Å². The van der Waals surface area contributed by atoms with Crippen molar-refractivity contribution < 1.29 is 9.00 Å². The van der Waals surface area contributed by atoms with Gasteiger partial charge in [-0.2, -0.15) is 0 Å². The van der Waals surface area contributed by atoms with Crippen LogP contribution in [0, 0.1) is 0 Å². The van der Waals surface area contributed by atoms with Gasteiger partial charge in [-0.3, -0.25) is 14.1 Å². The Kier molecular flexibility index (Phi) is 6.37. The van der Waals surface area contributed by atoms with Crippen LogP contribution in [0.5, 0.6) is 0 Å². The molecule has 4 aromatic rings. The normalized spacial score (nSPS) is 11.9. The molecule has 1 unspecified atom stereocenters. The minimum Gasteiger partial charge on any atom is -0.306 e. The Hall–Kier alpha value is -2.73. The number of pyridine rings is 1. The first kappa shape index (κ1) is 21.5. The molecule has 0 saturated carbocycles. The fourth-order valence-electron chi connectivity index (χ4n) is 2.68. The minimum atomic E-state index is -1.72. The summed E-state index contributed by atoms with van der Waals surface area (Å²) in [5.41, 5.74) is 0.736. The van der Waals surface area contributed by atoms with Crippen molar-refractivity contribution in [2.45, 2.75) is 9.10 Å². The van der Waals surface area contributed by atoms with Crippen molar-refractivity contribution in [3.05, 3.63) is 69.7 Å². The van der Waals surface area contributed by atoms with Crippen LogP contribution in [0.15, 0.2) is 68.9 Å². The average Bonchev–Trinajstić information content (AvgIpc) is 3.21. The molecule has 8 nitrogen and oxygen atoms in total. The lowest BCUT2D eigenvalue weighted by atomic mass is 10.2. The van der Waals surface area contributed by atoms with Gasteiger partial charge in [0.2, 0.25) is 0 Å². The number of benzene rings is 1. The predicted octanol–water partition coefficient (Wildman–Crippen LogP) is 4.06. The molecular formula is C19H14ClN5O3S3. The second-order valence-corrected chi connectivity index (χ2v) is 10.1. The Morgan fingerprint density at radius 1 is 1.19 bits per heavy atom. The molecule has 3 aromatic heterocycles. The van der Waals surface area contributed by atoms with E-state index in [0.29, 0.717) is 31.0 Å². The molecule has 158 valence electrons. The van der Waals surface area contributed by atoms with E-state index in [1.54, 1.807) is 48.2 Å². The van der Waals surface area contributed by atoms with Crippen LogP contribution in [-0.4, -0.2) is 31.0 Å². The van der Waals surface area contributed by atoms with E-state index in [4.69, 9.17) is 11.6 Å². The molecule has 0 aliphatic carbocycles. The number of aromatic nitrogens is 3. The van der Waals surface area contributed by atoms with Crippen molar-refractivity contribution in [1.82, 2.24) is 19.3 Å². The van der Waals surface area contributed by atoms with E-state index in [-0.39, 0.29) is 5.56 Å². The summed E-state index contributed by atoms with van der Waals surface area (Å²) in [7, 11) is -1.72. The van der Waals surface area contributed by atoms with Gasteiger partial charge in [0.1, 0.15) is 16.4 Å². The zero-order chi connectivity index (χ0) is 22.0. The summed E-state index contributed by atoms with van der Waals surface area (Å²) in [5, 5.41) is 3.04. The van der Waals surface area contributed by atoms with Crippen molar-refractivity contribution in [1.29, 1.82) is 0 Å². The van der Waals surface area contributed by atoms with Crippen LogP contribution in [0.2, 0.25) is 4.34 Å². The van der Waals surface area contributed by atoms with E-state index in [9.17, 15) is 13.8 Å². The van der Waals surface area contributed by atoms with Crippen molar-refractivity contribution in [2.75, 3.05) is 11.6 Å². The van der Waals surface area contributed by atoms with Crippen LogP contribution < -0.4 is 15.6 Å². The Labute approximate surface area is 192 Å². The van der Waals surface area contributed by atoms with Crippen molar-refractivity contribution in [3.63, 3.8) is 0 Å². The summed E-state index contributed by atoms with van der Waals surface area (Å²) < 4.78 is 16.7. The number of amides is 2. The van der Waals surface area contributed by atoms with Crippen LogP contribution in [0.25, 0.3) is 16.7 Å². The number of halogens is 1. The lowest BCUT2D eigenvalue weighted by molar-refractivity contribution is 0.257. The highest BCUT2D eigenvalue weighted by Crippen LogP contribution is 2.23. The highest BCUT2D eigenvalue weighted by molar-refractivity contribution is 7.98. The smallest absolute Gasteiger partial charge is 0.306 e. The van der Waals surface area contributed by atoms with Gasteiger partial charge in [-0.05, 0) is 48.7 Å². The highest BCUT2D eigenvalue weighted by Gasteiger charge is 2.12. The average molecular weight is 492 g/mol. The third-order valence-corrected chi connectivity index (χ3v) is 7.46. The lowest BCUT2D eigenvalue weighted by Crippen LogP contribution is -2.30. The minimum absolute atomic E-state index is 0.239. The topological polar surface area (TPSA) is 106 Å². The molecule has 2 amide bonds. The van der Waals surface area contributed by atoms with E-state index >= 15 is 0 Å². The summed E-state index contributed by atoms with van der Waals surface area (Å²) in [5.74, 6) is 0.358. The number of carbonyl (C=O) groups is 1. The number of rotatable bonds is 5. The number of carbonyl (C=O) groups excluding carboxylic acids is 1. The molecule has 2 N–H and O–H groups in total. The summed E-state index contributed by atoms with van der Waals surface area (Å²) >= 11 is 8.47. The lowest BCUT2D eigenvalue weighted by Gasteiger charge is -2.09. The first-order valence-corrected chi connectivity index (χ1v) is 12.3. The number of urea groups is 1. The number of fused-ring (bicyclic) bond motifs is 1. The number of anilines is 1. The largest absolute Gasteiger partial charge is 0.331 e. The molecule has 0 radical (unpaired) electrons. The Morgan fingerprint density at radius 3 is 2.71 bits per heavy atom. The van der Waals surface area contributed by atoms with Gasteiger partial charge in [0, 0.05) is 4.90 Å². The van der Waals surface area contributed by atoms with Gasteiger partial charge in [-0.1, -0.05) is 11.6 Å². The van der Waals surface area contributed by atoms with E-state index in [0.717, 1.165) is 16.2 Å². The summed E-state index contributed by atoms with van der Waals surface area (Å²) in [6, 6.07) is 11.2. The number of hydrogen-bond acceptors (Lipinski definition) is 7. The Morgan fingerprint density at radius 2 is 2.03 bits per heavy atom. The Balaban J connectivity index is 1.50. The molecule has 0 bridgehead atoms. The van der Waals surface area contributed by atoms with Gasteiger partial charge in [0.25, 0.3) is 5.56 Å². The van der Waals surface area contributed by atoms with Gasteiger partial charge >= 0.3 is 6.03 Å². The van der Waals surface area contributed by atoms with Gasteiger partial charge < -0.3 is 5.32 Å². The van der Waals surface area contributed by atoms with Crippen LogP contribution in [0.1, 0.15) is 0 Å². The number of thiophene rings is 1. The fourth-order valence-corrected chi connectivity index (χ4v) is 5.24. The molecule has 0 fully saturated rings. The number of hydrogen-bond donors (Lipinski definition) is 2. The molecule has 0 spiro atoms. The van der Waals surface area contributed by atoms with Gasteiger partial charge in [0.05, 0.1) is 27.1 Å². The van der Waals surface area contributed by atoms with E-state index in [1.807, 2.05) is 12.3 Å². The number of thioether (sulfide) groups is 1. The molecule has 0 aliphatic heterocycles. The predicted molar refractivity (Wildman–Crippen MR) is 125 cm³/mol. The SMILES string of the molecule is CSc1ccc2ncn(-c3ccc(NC(=O)NS(=O)c4ccc(Cl)s4)cn3)c(=O)c2c1. The zero-order valence-electron chi connectivity index (χ0n) is 15.9. The van der Waals surface area contributed by atoms with Gasteiger partial charge in [-0.15, -0.1) is 23.1 Å². The molecule has 1 atom stereocenters. The molecule has 1 aromatic carbocycles. The summed E-state index contributed by atoms with van der Waals surface area (Å²) in [6.45, 7) is 0. The maximum absolute atomic E-state index is 12.9. The van der Waals surface area contributed by atoms with E-state index in [2.05, 4.69) is 20.0 Å². The monoisotopic (exact) mass is 491 g/mol. The first-order chi connectivity index (χ1) is 14.9. The zero-order valence-corrected chi connectivity index (χ0v) is 19.1. The quantitative estimate of drug-likeness (QED) is 0.408. The van der Waals surface area contributed by atoms with Crippen LogP contribution >= 0.6 is 34.7 Å². The number of nitrogens with zero attached hydrogens (tertiary/aromatic N) is 3. The fraction of sp³-hybridized carbons (Fsp3) is 0.0526. The summed E-state index contributed by atoms with van der Waals surface area (Å²) in [4.78, 5) is 34.5. The molecule has 3 heterocycles. The maximum atomic E-state index is 12.9. The van der Waals surface area contributed by atoms with Crippen LogP contribution in [0.3, 0.4) is 0 Å². The highest BCUT2D eigenvalue weighted by atomic mass is 35.5. The third kappa shape index (κ3) is 4.79. The van der Waals surface area contributed by atoms with Crippen molar-refractivity contribution in [3.8, 4) is 5.82 Å². The molecule has 4 rings (SSSR count). The first-order valence-electron chi connectivity index (χ1n) is 8.71. The molecule has 31 heavy (non-hydrogen) atoms. The summed E-state index contributed by atoms with van der Waals surface area (Å²) in [6.07, 6.45) is 4.75. The van der Waals surface area contributed by atoms with Crippen LogP contribution in [0.4, 0.5) is 10.5 Å². The van der Waals surface area contributed by atoms with Crippen molar-refractivity contribution in [2.24, 2.45) is 0 Å². The van der Waals surface area contributed by atoms with Gasteiger partial charge in [0.15, 0.2) is 11.0 Å². The maximum Gasteiger partial charge on any atom is 0.331 e. The second kappa shape index (κ2) is 9.18.